The first-order valence-electron chi connectivity index (χ1n) is 5.21. The molecular weight excluding hydrogens is 174 g/mol. The van der Waals surface area contributed by atoms with Crippen LogP contribution < -0.4 is 5.32 Å². The van der Waals surface area contributed by atoms with Crippen molar-refractivity contribution in [3.8, 4) is 0 Å². The second-order valence-electron chi connectivity index (χ2n) is 4.35. The van der Waals surface area contributed by atoms with Gasteiger partial charge in [-0.05, 0) is 0 Å². The first-order valence-corrected chi connectivity index (χ1v) is 5.21. The van der Waals surface area contributed by atoms with Gasteiger partial charge in [0, 0.05) is 23.6 Å². The SMILES string of the molecule is CC(C)NC1C=CC(C(=O)C(C)C)=C1. The highest BCUT2D eigenvalue weighted by Crippen LogP contribution is 2.15. The van der Waals surface area contributed by atoms with E-state index in [0.29, 0.717) is 6.04 Å². The Labute approximate surface area is 86.1 Å². The predicted molar refractivity (Wildman–Crippen MR) is 59.1 cm³/mol. The molecule has 1 aliphatic rings. The molecule has 2 heteroatoms. The summed E-state index contributed by atoms with van der Waals surface area (Å²) in [4.78, 5) is 11.6. The van der Waals surface area contributed by atoms with E-state index in [1.54, 1.807) is 0 Å². The van der Waals surface area contributed by atoms with Gasteiger partial charge >= 0.3 is 0 Å². The lowest BCUT2D eigenvalue weighted by Gasteiger charge is -2.11. The molecule has 0 saturated heterocycles. The molecule has 0 fully saturated rings. The van der Waals surface area contributed by atoms with Crippen molar-refractivity contribution < 1.29 is 4.79 Å². The fourth-order valence-corrected chi connectivity index (χ4v) is 1.50. The van der Waals surface area contributed by atoms with E-state index in [9.17, 15) is 4.79 Å². The van der Waals surface area contributed by atoms with Gasteiger partial charge in [0.15, 0.2) is 5.78 Å². The van der Waals surface area contributed by atoms with Gasteiger partial charge < -0.3 is 5.32 Å². The van der Waals surface area contributed by atoms with E-state index in [0.717, 1.165) is 5.57 Å². The van der Waals surface area contributed by atoms with Crippen LogP contribution in [-0.2, 0) is 4.79 Å². The Kier molecular flexibility index (Phi) is 3.64. The van der Waals surface area contributed by atoms with E-state index >= 15 is 0 Å². The van der Waals surface area contributed by atoms with Crippen molar-refractivity contribution >= 4 is 5.78 Å². The normalized spacial score (nSPS) is 20.7. The summed E-state index contributed by atoms with van der Waals surface area (Å²) in [5.41, 5.74) is 0.846. The standard InChI is InChI=1S/C12H19NO/c1-8(2)12(14)10-5-6-11(7-10)13-9(3)4/h5-9,11,13H,1-4H3. The van der Waals surface area contributed by atoms with Crippen LogP contribution in [0.25, 0.3) is 0 Å². The minimum atomic E-state index is 0.0868. The number of rotatable bonds is 4. The van der Waals surface area contributed by atoms with E-state index in [1.165, 1.54) is 0 Å². The molecule has 1 atom stereocenters. The predicted octanol–water partition coefficient (Wildman–Crippen LogP) is 2.07. The molecule has 0 aromatic carbocycles. The molecule has 0 spiro atoms. The fourth-order valence-electron chi connectivity index (χ4n) is 1.50. The van der Waals surface area contributed by atoms with E-state index in [-0.39, 0.29) is 17.7 Å². The van der Waals surface area contributed by atoms with Crippen molar-refractivity contribution in [1.29, 1.82) is 0 Å². The van der Waals surface area contributed by atoms with Crippen LogP contribution in [0, 0.1) is 5.92 Å². The third kappa shape index (κ3) is 2.81. The van der Waals surface area contributed by atoms with Gasteiger partial charge in [0.2, 0.25) is 0 Å². The van der Waals surface area contributed by atoms with Gasteiger partial charge in [-0.15, -0.1) is 0 Å². The molecule has 0 aromatic heterocycles. The summed E-state index contributed by atoms with van der Waals surface area (Å²) < 4.78 is 0. The molecule has 2 nitrogen and oxygen atoms in total. The number of ketones is 1. The highest BCUT2D eigenvalue weighted by molar-refractivity contribution is 6.00. The summed E-state index contributed by atoms with van der Waals surface area (Å²) in [6, 6.07) is 0.669. The molecule has 1 unspecified atom stereocenters. The molecule has 14 heavy (non-hydrogen) atoms. The minimum absolute atomic E-state index is 0.0868. The molecule has 1 rings (SSSR count). The zero-order chi connectivity index (χ0) is 10.7. The lowest BCUT2D eigenvalue weighted by atomic mass is 10.0. The fraction of sp³-hybridized carbons (Fsp3) is 0.583. The topological polar surface area (TPSA) is 29.1 Å². The summed E-state index contributed by atoms with van der Waals surface area (Å²) in [7, 11) is 0. The second kappa shape index (κ2) is 4.56. The van der Waals surface area contributed by atoms with Crippen molar-refractivity contribution in [1.82, 2.24) is 5.32 Å². The second-order valence-corrected chi connectivity index (χ2v) is 4.35. The van der Waals surface area contributed by atoms with Crippen LogP contribution in [0.1, 0.15) is 27.7 Å². The van der Waals surface area contributed by atoms with Gasteiger partial charge in [0.25, 0.3) is 0 Å². The molecule has 1 N–H and O–H groups in total. The molecule has 1 aliphatic carbocycles. The average molecular weight is 193 g/mol. The maximum Gasteiger partial charge on any atom is 0.165 e. The van der Waals surface area contributed by atoms with E-state index in [2.05, 4.69) is 19.2 Å². The van der Waals surface area contributed by atoms with E-state index in [1.807, 2.05) is 32.1 Å². The third-order valence-electron chi connectivity index (χ3n) is 2.18. The number of carbonyl (C=O) groups excluding carboxylic acids is 1. The molecule has 0 aromatic rings. The van der Waals surface area contributed by atoms with Crippen LogP contribution in [0.3, 0.4) is 0 Å². The zero-order valence-corrected chi connectivity index (χ0v) is 9.37. The Balaban J connectivity index is 2.60. The van der Waals surface area contributed by atoms with Gasteiger partial charge in [-0.1, -0.05) is 45.9 Å². The summed E-state index contributed by atoms with van der Waals surface area (Å²) in [5, 5.41) is 3.35. The van der Waals surface area contributed by atoms with Crippen molar-refractivity contribution in [2.75, 3.05) is 0 Å². The van der Waals surface area contributed by atoms with Crippen LogP contribution >= 0.6 is 0 Å². The van der Waals surface area contributed by atoms with Crippen LogP contribution in [0.15, 0.2) is 23.8 Å². The van der Waals surface area contributed by atoms with E-state index < -0.39 is 0 Å². The van der Waals surface area contributed by atoms with Gasteiger partial charge in [-0.2, -0.15) is 0 Å². The largest absolute Gasteiger partial charge is 0.305 e. The number of Topliss-reactive ketones (excluding diaryl/α,β-unsaturated/α-hetero) is 1. The number of carbonyl (C=O) groups is 1. The highest BCUT2D eigenvalue weighted by Gasteiger charge is 2.17. The summed E-state index contributed by atoms with van der Waals surface area (Å²) in [6.45, 7) is 8.06. The molecule has 0 heterocycles. The molecule has 0 aliphatic heterocycles. The minimum Gasteiger partial charge on any atom is -0.305 e. The average Bonchev–Trinajstić information content (AvgIpc) is 2.50. The third-order valence-corrected chi connectivity index (χ3v) is 2.18. The summed E-state index contributed by atoms with van der Waals surface area (Å²) in [6.07, 6.45) is 5.96. The Morgan fingerprint density at radius 1 is 1.36 bits per heavy atom. The van der Waals surface area contributed by atoms with Gasteiger partial charge in [-0.25, -0.2) is 0 Å². The lowest BCUT2D eigenvalue weighted by Crippen LogP contribution is -2.30. The quantitative estimate of drug-likeness (QED) is 0.740. The smallest absolute Gasteiger partial charge is 0.165 e. The molecule has 0 radical (unpaired) electrons. The number of allylic oxidation sites excluding steroid dienone is 2. The van der Waals surface area contributed by atoms with Crippen LogP contribution in [0.4, 0.5) is 0 Å². The molecule has 0 bridgehead atoms. The van der Waals surface area contributed by atoms with Crippen LogP contribution in [-0.4, -0.2) is 17.9 Å². The molecule has 0 saturated carbocycles. The lowest BCUT2D eigenvalue weighted by molar-refractivity contribution is -0.117. The monoisotopic (exact) mass is 193 g/mol. The van der Waals surface area contributed by atoms with Crippen molar-refractivity contribution in [3.05, 3.63) is 23.8 Å². The zero-order valence-electron chi connectivity index (χ0n) is 9.37. The van der Waals surface area contributed by atoms with Gasteiger partial charge in [-0.3, -0.25) is 4.79 Å². The molecule has 0 amide bonds. The summed E-state index contributed by atoms with van der Waals surface area (Å²) >= 11 is 0. The van der Waals surface area contributed by atoms with Crippen LogP contribution in [0.5, 0.6) is 0 Å². The van der Waals surface area contributed by atoms with Crippen molar-refractivity contribution in [2.45, 2.75) is 39.8 Å². The maximum atomic E-state index is 11.6. The first kappa shape index (κ1) is 11.2. The van der Waals surface area contributed by atoms with Crippen LogP contribution in [0.2, 0.25) is 0 Å². The van der Waals surface area contributed by atoms with Crippen molar-refractivity contribution in [2.24, 2.45) is 5.92 Å². The number of nitrogens with one attached hydrogen (secondary N) is 1. The highest BCUT2D eigenvalue weighted by atomic mass is 16.1. The maximum absolute atomic E-state index is 11.6. The summed E-state index contributed by atoms with van der Waals surface area (Å²) in [5.74, 6) is 0.318. The Bertz CT molecular complexity index is 274. The molecular formula is C12H19NO. The molecule has 78 valence electrons. The Hall–Kier alpha value is -0.890. The van der Waals surface area contributed by atoms with Crippen molar-refractivity contribution in [3.63, 3.8) is 0 Å². The van der Waals surface area contributed by atoms with Gasteiger partial charge in [0.1, 0.15) is 0 Å². The Morgan fingerprint density at radius 3 is 2.50 bits per heavy atom. The number of hydrogen-bond donors (Lipinski definition) is 1. The Morgan fingerprint density at radius 2 is 2.00 bits per heavy atom. The van der Waals surface area contributed by atoms with E-state index in [4.69, 9.17) is 0 Å². The van der Waals surface area contributed by atoms with Gasteiger partial charge in [0.05, 0.1) is 0 Å². The first-order chi connectivity index (χ1) is 6.50. The number of hydrogen-bond acceptors (Lipinski definition) is 2.